The number of pyridine rings is 1. The highest BCUT2D eigenvalue weighted by Crippen LogP contribution is 2.19. The van der Waals surface area contributed by atoms with Gasteiger partial charge in [-0.3, -0.25) is 4.79 Å². The van der Waals surface area contributed by atoms with Crippen LogP contribution in [0.4, 0.5) is 0 Å². The van der Waals surface area contributed by atoms with Gasteiger partial charge in [-0.05, 0) is 36.7 Å². The van der Waals surface area contributed by atoms with E-state index in [4.69, 9.17) is 5.11 Å². The zero-order valence-electron chi connectivity index (χ0n) is 15.6. The molecule has 1 heterocycles. The Balaban J connectivity index is 1.79. The summed E-state index contributed by atoms with van der Waals surface area (Å²) in [5.74, 6) is 0. The van der Waals surface area contributed by atoms with E-state index in [2.05, 4.69) is 4.98 Å². The number of aliphatic hydroxyl groups is 1. The summed E-state index contributed by atoms with van der Waals surface area (Å²) in [6, 6.07) is 5.67. The van der Waals surface area contributed by atoms with Gasteiger partial charge in [0.25, 0.3) is 0 Å². The Labute approximate surface area is 158 Å². The van der Waals surface area contributed by atoms with Gasteiger partial charge in [0.15, 0.2) is 5.12 Å². The number of hydrogen-bond acceptors (Lipinski definition) is 4. The van der Waals surface area contributed by atoms with Crippen LogP contribution in [0.2, 0.25) is 0 Å². The molecule has 25 heavy (non-hydrogen) atoms. The Morgan fingerprint density at radius 3 is 1.80 bits per heavy atom. The monoisotopic (exact) mass is 365 g/mol. The van der Waals surface area contributed by atoms with E-state index in [0.717, 1.165) is 17.9 Å². The first-order chi connectivity index (χ1) is 12.3. The molecule has 0 atom stereocenters. The summed E-state index contributed by atoms with van der Waals surface area (Å²) in [6.07, 6.45) is 18.6. The predicted octanol–water partition coefficient (Wildman–Crippen LogP) is 6.15. The van der Waals surface area contributed by atoms with Crippen molar-refractivity contribution in [2.24, 2.45) is 0 Å². The quantitative estimate of drug-likeness (QED) is 0.282. The summed E-state index contributed by atoms with van der Waals surface area (Å²) < 4.78 is 0. The van der Waals surface area contributed by atoms with Crippen molar-refractivity contribution in [2.45, 2.75) is 94.9 Å². The summed E-state index contributed by atoms with van der Waals surface area (Å²) in [5, 5.41) is 9.75. The molecule has 1 aromatic heterocycles. The van der Waals surface area contributed by atoms with Gasteiger partial charge in [0.2, 0.25) is 0 Å². The normalized spacial score (nSPS) is 10.9. The van der Waals surface area contributed by atoms with Gasteiger partial charge in [-0.1, -0.05) is 76.7 Å². The van der Waals surface area contributed by atoms with E-state index in [1.807, 2.05) is 18.2 Å². The Hall–Kier alpha value is -0.870. The van der Waals surface area contributed by atoms with Crippen LogP contribution in [0.5, 0.6) is 0 Å². The van der Waals surface area contributed by atoms with Crippen LogP contribution >= 0.6 is 11.8 Å². The lowest BCUT2D eigenvalue weighted by atomic mass is 10.0. The summed E-state index contributed by atoms with van der Waals surface area (Å²) in [4.78, 5) is 16.0. The maximum Gasteiger partial charge on any atom is 0.195 e. The van der Waals surface area contributed by atoms with Gasteiger partial charge in [-0.2, -0.15) is 0 Å². The molecule has 0 fully saturated rings. The lowest BCUT2D eigenvalue weighted by molar-refractivity contribution is -0.111. The topological polar surface area (TPSA) is 50.2 Å². The minimum atomic E-state index is 0.234. The zero-order valence-corrected chi connectivity index (χ0v) is 16.4. The van der Waals surface area contributed by atoms with Crippen LogP contribution in [0.1, 0.15) is 89.9 Å². The molecule has 0 unspecified atom stereocenters. The van der Waals surface area contributed by atoms with Crippen molar-refractivity contribution >= 4 is 16.9 Å². The first kappa shape index (κ1) is 22.2. The number of unbranched alkanes of at least 4 members (excludes halogenated alkanes) is 12. The van der Waals surface area contributed by atoms with E-state index in [1.165, 1.54) is 82.4 Å². The molecule has 0 aromatic carbocycles. The molecular weight excluding hydrogens is 330 g/mol. The van der Waals surface area contributed by atoms with E-state index in [-0.39, 0.29) is 5.12 Å². The second kappa shape index (κ2) is 16.6. The summed E-state index contributed by atoms with van der Waals surface area (Å²) in [7, 11) is 0. The van der Waals surface area contributed by atoms with Gasteiger partial charge in [0.05, 0.1) is 0 Å². The number of carbonyl (C=O) groups excluding carboxylic acids is 1. The Morgan fingerprint density at radius 1 is 0.800 bits per heavy atom. The largest absolute Gasteiger partial charge is 0.396 e. The molecule has 4 heteroatoms. The number of aromatic nitrogens is 1. The molecule has 0 saturated carbocycles. The predicted molar refractivity (Wildman–Crippen MR) is 107 cm³/mol. The highest BCUT2D eigenvalue weighted by Gasteiger charge is 2.05. The lowest BCUT2D eigenvalue weighted by Gasteiger charge is -2.03. The highest BCUT2D eigenvalue weighted by atomic mass is 32.2. The molecule has 3 nitrogen and oxygen atoms in total. The average molecular weight is 366 g/mol. The van der Waals surface area contributed by atoms with Crippen LogP contribution in [0.15, 0.2) is 29.4 Å². The molecule has 0 aliphatic rings. The smallest absolute Gasteiger partial charge is 0.195 e. The number of carbonyl (C=O) groups is 1. The molecule has 0 amide bonds. The highest BCUT2D eigenvalue weighted by molar-refractivity contribution is 8.13. The second-order valence-corrected chi connectivity index (χ2v) is 7.79. The number of thioether (sulfide) groups is 1. The molecule has 0 spiro atoms. The van der Waals surface area contributed by atoms with Gasteiger partial charge in [-0.25, -0.2) is 4.98 Å². The first-order valence-electron chi connectivity index (χ1n) is 10.1. The molecular formula is C21H35NO2S. The zero-order chi connectivity index (χ0) is 18.0. The number of hydrogen-bond donors (Lipinski definition) is 1. The van der Waals surface area contributed by atoms with E-state index < -0.39 is 0 Å². The van der Waals surface area contributed by atoms with E-state index >= 15 is 0 Å². The summed E-state index contributed by atoms with van der Waals surface area (Å²) in [6.45, 7) is 0.344. The molecule has 1 N–H and O–H groups in total. The van der Waals surface area contributed by atoms with E-state index in [9.17, 15) is 4.79 Å². The summed E-state index contributed by atoms with van der Waals surface area (Å²) >= 11 is 1.27. The fraction of sp³-hybridized carbons (Fsp3) is 0.714. The van der Waals surface area contributed by atoms with Crippen molar-refractivity contribution < 1.29 is 9.90 Å². The van der Waals surface area contributed by atoms with Crippen molar-refractivity contribution in [1.29, 1.82) is 0 Å². The van der Waals surface area contributed by atoms with Gasteiger partial charge < -0.3 is 5.11 Å². The van der Waals surface area contributed by atoms with E-state index in [0.29, 0.717) is 13.0 Å². The van der Waals surface area contributed by atoms with Crippen LogP contribution in [0.3, 0.4) is 0 Å². The van der Waals surface area contributed by atoms with Crippen molar-refractivity contribution in [3.8, 4) is 0 Å². The second-order valence-electron chi connectivity index (χ2n) is 6.71. The molecule has 0 aliphatic heterocycles. The van der Waals surface area contributed by atoms with Gasteiger partial charge in [0.1, 0.15) is 5.03 Å². The molecule has 0 radical (unpaired) electrons. The lowest BCUT2D eigenvalue weighted by Crippen LogP contribution is -1.92. The first-order valence-corrected chi connectivity index (χ1v) is 10.9. The van der Waals surface area contributed by atoms with Crippen LogP contribution in [-0.4, -0.2) is 21.8 Å². The molecule has 0 bridgehead atoms. The van der Waals surface area contributed by atoms with Crippen molar-refractivity contribution in [3.63, 3.8) is 0 Å². The third-order valence-corrected chi connectivity index (χ3v) is 5.28. The fourth-order valence-corrected chi connectivity index (χ4v) is 3.64. The maximum atomic E-state index is 11.8. The van der Waals surface area contributed by atoms with Gasteiger partial charge in [0, 0.05) is 19.2 Å². The number of aliphatic hydroxyl groups excluding tert-OH is 1. The van der Waals surface area contributed by atoms with Gasteiger partial charge >= 0.3 is 0 Å². The summed E-state index contributed by atoms with van der Waals surface area (Å²) in [5.41, 5.74) is 0. The van der Waals surface area contributed by atoms with Crippen LogP contribution in [-0.2, 0) is 4.79 Å². The Bertz CT molecular complexity index is 425. The van der Waals surface area contributed by atoms with Crippen LogP contribution in [0.25, 0.3) is 0 Å². The third-order valence-electron chi connectivity index (χ3n) is 4.40. The van der Waals surface area contributed by atoms with Crippen molar-refractivity contribution in [2.75, 3.05) is 6.61 Å². The molecule has 1 rings (SSSR count). The van der Waals surface area contributed by atoms with Crippen LogP contribution < -0.4 is 0 Å². The number of nitrogens with zero attached hydrogens (tertiary/aromatic N) is 1. The Kier molecular flexibility index (Phi) is 14.7. The van der Waals surface area contributed by atoms with Crippen molar-refractivity contribution in [1.82, 2.24) is 4.98 Å². The minimum absolute atomic E-state index is 0.234. The SMILES string of the molecule is O=C(CCCCCCCCCCCCCCCO)Sc1ccccn1. The van der Waals surface area contributed by atoms with Gasteiger partial charge in [-0.15, -0.1) is 0 Å². The molecule has 0 saturated heterocycles. The van der Waals surface area contributed by atoms with Crippen molar-refractivity contribution in [3.05, 3.63) is 24.4 Å². The average Bonchev–Trinajstić information content (AvgIpc) is 2.63. The standard InChI is InChI=1S/C21H35NO2S/c23-19-15-11-9-7-5-3-1-2-4-6-8-10-12-17-21(24)25-20-16-13-14-18-22-20/h13-14,16,18,23H,1-12,15,17,19H2. The molecule has 142 valence electrons. The number of rotatable bonds is 16. The molecule has 0 aliphatic carbocycles. The Morgan fingerprint density at radius 2 is 1.32 bits per heavy atom. The third kappa shape index (κ3) is 14.0. The fourth-order valence-electron chi connectivity index (χ4n) is 2.90. The molecule has 1 aromatic rings. The minimum Gasteiger partial charge on any atom is -0.396 e. The van der Waals surface area contributed by atoms with Crippen LogP contribution in [0, 0.1) is 0 Å². The van der Waals surface area contributed by atoms with E-state index in [1.54, 1.807) is 6.20 Å². The maximum absolute atomic E-state index is 11.8.